The molecule has 11 heavy (non-hydrogen) atoms. The molecule has 1 heteroatoms. The van der Waals surface area contributed by atoms with Gasteiger partial charge in [-0.2, -0.15) is 0 Å². The van der Waals surface area contributed by atoms with Gasteiger partial charge in [0.1, 0.15) is 0 Å². The van der Waals surface area contributed by atoms with E-state index in [-0.39, 0.29) is 0 Å². The Kier molecular flexibility index (Phi) is 3.70. The fraction of sp³-hybridized carbons (Fsp3) is 0.400. The molecular formula is C10H14N. The van der Waals surface area contributed by atoms with E-state index < -0.39 is 0 Å². The van der Waals surface area contributed by atoms with Crippen molar-refractivity contribution >= 4 is 0 Å². The summed E-state index contributed by atoms with van der Waals surface area (Å²) < 4.78 is 0. The van der Waals surface area contributed by atoms with Crippen molar-refractivity contribution in [2.24, 2.45) is 0 Å². The predicted molar refractivity (Wildman–Crippen MR) is 47.5 cm³/mol. The zero-order chi connectivity index (χ0) is 7.94. The van der Waals surface area contributed by atoms with Crippen LogP contribution in [0.25, 0.3) is 0 Å². The van der Waals surface area contributed by atoms with Gasteiger partial charge in [0.15, 0.2) is 0 Å². The van der Waals surface area contributed by atoms with Gasteiger partial charge < -0.3 is 5.32 Å². The third-order valence-corrected chi connectivity index (χ3v) is 1.63. The zero-order valence-electron chi connectivity index (χ0n) is 6.93. The van der Waals surface area contributed by atoms with Gasteiger partial charge in [0.25, 0.3) is 0 Å². The number of hydrogen-bond donors (Lipinski definition) is 1. The summed E-state index contributed by atoms with van der Waals surface area (Å²) in [5.41, 5.74) is 1.38. The summed E-state index contributed by atoms with van der Waals surface area (Å²) >= 11 is 0. The molecule has 0 heterocycles. The molecule has 1 aromatic carbocycles. The summed E-state index contributed by atoms with van der Waals surface area (Å²) in [5, 5.41) is 3.29. The molecule has 0 unspecified atom stereocenters. The molecular weight excluding hydrogens is 134 g/mol. The second-order valence-electron chi connectivity index (χ2n) is 2.51. The Hall–Kier alpha value is -0.820. The maximum absolute atomic E-state index is 3.29. The van der Waals surface area contributed by atoms with Crippen LogP contribution in [0.1, 0.15) is 12.5 Å². The largest absolute Gasteiger partial charge is 0.317 e. The molecule has 0 atom stereocenters. The first kappa shape index (κ1) is 8.28. The number of hydrogen-bond acceptors (Lipinski definition) is 1. The zero-order valence-corrected chi connectivity index (χ0v) is 6.93. The average molecular weight is 148 g/mol. The molecule has 0 saturated carbocycles. The summed E-state index contributed by atoms with van der Waals surface area (Å²) in [6, 6.07) is 11.1. The van der Waals surface area contributed by atoms with Gasteiger partial charge in [-0.25, -0.2) is 0 Å². The second kappa shape index (κ2) is 4.91. The normalized spacial score (nSPS) is 9.91. The molecule has 0 aromatic heterocycles. The molecule has 0 bridgehead atoms. The van der Waals surface area contributed by atoms with Crippen molar-refractivity contribution in [3.63, 3.8) is 0 Å². The van der Waals surface area contributed by atoms with E-state index >= 15 is 0 Å². The monoisotopic (exact) mass is 148 g/mol. The van der Waals surface area contributed by atoms with Crippen molar-refractivity contribution in [1.29, 1.82) is 0 Å². The number of benzene rings is 1. The van der Waals surface area contributed by atoms with Crippen LogP contribution < -0.4 is 5.32 Å². The number of nitrogens with one attached hydrogen (secondary N) is 1. The first-order valence-corrected chi connectivity index (χ1v) is 4.09. The third kappa shape index (κ3) is 3.19. The number of rotatable bonds is 4. The van der Waals surface area contributed by atoms with Crippen LogP contribution in [0.5, 0.6) is 0 Å². The lowest BCUT2D eigenvalue weighted by atomic mass is 10.1. The lowest BCUT2D eigenvalue weighted by Crippen LogP contribution is -2.15. The van der Waals surface area contributed by atoms with Crippen LogP contribution >= 0.6 is 0 Å². The Balaban J connectivity index is 2.28. The summed E-state index contributed by atoms with van der Waals surface area (Å²) in [4.78, 5) is 0. The second-order valence-corrected chi connectivity index (χ2v) is 2.51. The maximum Gasteiger partial charge on any atom is -0.000847 e. The highest BCUT2D eigenvalue weighted by Crippen LogP contribution is 1.97. The molecule has 1 rings (SSSR count). The van der Waals surface area contributed by atoms with Crippen LogP contribution in [0.4, 0.5) is 0 Å². The van der Waals surface area contributed by atoms with Gasteiger partial charge >= 0.3 is 0 Å². The van der Waals surface area contributed by atoms with E-state index in [2.05, 4.69) is 30.4 Å². The van der Waals surface area contributed by atoms with Crippen LogP contribution in [0.15, 0.2) is 24.3 Å². The molecule has 1 radical (unpaired) electrons. The van der Waals surface area contributed by atoms with E-state index in [0.717, 1.165) is 19.5 Å². The minimum Gasteiger partial charge on any atom is -0.317 e. The van der Waals surface area contributed by atoms with Crippen LogP contribution in [-0.2, 0) is 6.42 Å². The molecule has 0 amide bonds. The Morgan fingerprint density at radius 1 is 1.36 bits per heavy atom. The van der Waals surface area contributed by atoms with Gasteiger partial charge in [-0.05, 0) is 31.1 Å². The van der Waals surface area contributed by atoms with Gasteiger partial charge in [-0.3, -0.25) is 0 Å². The fourth-order valence-corrected chi connectivity index (χ4v) is 0.998. The highest BCUT2D eigenvalue weighted by atomic mass is 14.8. The molecule has 0 spiro atoms. The van der Waals surface area contributed by atoms with E-state index in [1.807, 2.05) is 12.1 Å². The lowest BCUT2D eigenvalue weighted by Gasteiger charge is -2.00. The van der Waals surface area contributed by atoms with E-state index in [9.17, 15) is 0 Å². The van der Waals surface area contributed by atoms with E-state index in [0.29, 0.717) is 0 Å². The van der Waals surface area contributed by atoms with Crippen LogP contribution in [-0.4, -0.2) is 13.1 Å². The van der Waals surface area contributed by atoms with Crippen molar-refractivity contribution < 1.29 is 0 Å². The SMILES string of the molecule is CCNCCc1cc[c]cc1. The molecule has 0 saturated heterocycles. The summed E-state index contributed by atoms with van der Waals surface area (Å²) in [6.45, 7) is 4.25. The smallest absolute Gasteiger partial charge is 0.000847 e. The Bertz CT molecular complexity index is 181. The Morgan fingerprint density at radius 2 is 2.09 bits per heavy atom. The number of likely N-dealkylation sites (N-methyl/N-ethyl adjacent to an activating group) is 1. The van der Waals surface area contributed by atoms with Gasteiger partial charge in [0, 0.05) is 0 Å². The van der Waals surface area contributed by atoms with Gasteiger partial charge in [-0.15, -0.1) is 0 Å². The molecule has 0 fully saturated rings. The molecule has 59 valence electrons. The van der Waals surface area contributed by atoms with Gasteiger partial charge in [0.05, 0.1) is 0 Å². The van der Waals surface area contributed by atoms with Gasteiger partial charge in [0.2, 0.25) is 0 Å². The highest BCUT2D eigenvalue weighted by molar-refractivity contribution is 5.13. The topological polar surface area (TPSA) is 12.0 Å². The Morgan fingerprint density at radius 3 is 2.73 bits per heavy atom. The molecule has 1 aromatic rings. The first-order chi connectivity index (χ1) is 5.43. The highest BCUT2D eigenvalue weighted by Gasteiger charge is 1.88. The van der Waals surface area contributed by atoms with E-state index in [1.54, 1.807) is 0 Å². The molecule has 0 aliphatic heterocycles. The minimum absolute atomic E-state index is 1.05. The maximum atomic E-state index is 3.29. The molecule has 0 aliphatic rings. The molecule has 1 nitrogen and oxygen atoms in total. The van der Waals surface area contributed by atoms with Crippen molar-refractivity contribution in [2.45, 2.75) is 13.3 Å². The first-order valence-electron chi connectivity index (χ1n) is 4.09. The summed E-state index contributed by atoms with van der Waals surface area (Å²) in [7, 11) is 0. The van der Waals surface area contributed by atoms with Gasteiger partial charge in [-0.1, -0.05) is 31.2 Å². The van der Waals surface area contributed by atoms with E-state index in [4.69, 9.17) is 0 Å². The standard InChI is InChI=1S/C10H14N/c1-2-11-9-8-10-6-4-3-5-7-10/h4-7,11H,2,8-9H2,1H3. The van der Waals surface area contributed by atoms with Crippen molar-refractivity contribution in [1.82, 2.24) is 5.32 Å². The third-order valence-electron chi connectivity index (χ3n) is 1.63. The van der Waals surface area contributed by atoms with Crippen molar-refractivity contribution in [3.8, 4) is 0 Å². The average Bonchev–Trinajstić information content (AvgIpc) is 2.07. The van der Waals surface area contributed by atoms with E-state index in [1.165, 1.54) is 5.56 Å². The fourth-order valence-electron chi connectivity index (χ4n) is 0.998. The quantitative estimate of drug-likeness (QED) is 0.640. The van der Waals surface area contributed by atoms with Crippen molar-refractivity contribution in [3.05, 3.63) is 35.9 Å². The van der Waals surface area contributed by atoms with Crippen LogP contribution in [0.2, 0.25) is 0 Å². The molecule has 1 N–H and O–H groups in total. The minimum atomic E-state index is 1.05. The Labute approximate surface area is 68.4 Å². The van der Waals surface area contributed by atoms with Crippen LogP contribution in [0, 0.1) is 6.07 Å². The summed E-state index contributed by atoms with van der Waals surface area (Å²) in [6.07, 6.45) is 1.11. The summed E-state index contributed by atoms with van der Waals surface area (Å²) in [5.74, 6) is 0. The molecule has 0 aliphatic carbocycles. The van der Waals surface area contributed by atoms with Crippen LogP contribution in [0.3, 0.4) is 0 Å². The van der Waals surface area contributed by atoms with Crippen molar-refractivity contribution in [2.75, 3.05) is 13.1 Å². The predicted octanol–water partition coefficient (Wildman–Crippen LogP) is 1.64. The lowest BCUT2D eigenvalue weighted by molar-refractivity contribution is 0.716.